The van der Waals surface area contributed by atoms with Crippen LogP contribution in [0.3, 0.4) is 0 Å². The van der Waals surface area contributed by atoms with Crippen molar-refractivity contribution >= 4 is 11.9 Å². The van der Waals surface area contributed by atoms with Gasteiger partial charge in [0.25, 0.3) is 0 Å². The summed E-state index contributed by atoms with van der Waals surface area (Å²) in [4.78, 5) is 22.2. The van der Waals surface area contributed by atoms with E-state index >= 15 is 0 Å². The highest BCUT2D eigenvalue weighted by molar-refractivity contribution is 5.69. The molecule has 13 heteroatoms. The average molecular weight is 725 g/mol. The molecule has 0 aromatic heterocycles. The maximum Gasteiger partial charge on any atom is 0.305 e. The van der Waals surface area contributed by atoms with Crippen LogP contribution in [0.2, 0.25) is 0 Å². The molecule has 0 aliphatic carbocycles. The lowest BCUT2D eigenvalue weighted by atomic mass is 10.0. The van der Waals surface area contributed by atoms with Crippen molar-refractivity contribution in [3.05, 3.63) is 0 Å². The molecule has 0 saturated heterocycles. The van der Waals surface area contributed by atoms with Crippen molar-refractivity contribution < 1.29 is 62.1 Å². The molecule has 0 rings (SSSR count). The lowest BCUT2D eigenvalue weighted by molar-refractivity contribution is -0.145. The van der Waals surface area contributed by atoms with Gasteiger partial charge in [0.05, 0.1) is 125 Å². The number of hydrogen-bond donors (Lipinski definition) is 1. The zero-order valence-electron chi connectivity index (χ0n) is 31.4. The predicted molar refractivity (Wildman–Crippen MR) is 191 cm³/mol. The zero-order valence-corrected chi connectivity index (χ0v) is 31.4. The maximum atomic E-state index is 11.9. The van der Waals surface area contributed by atoms with Crippen LogP contribution in [0.4, 0.5) is 0 Å². The second-order valence-corrected chi connectivity index (χ2v) is 11.9. The van der Waals surface area contributed by atoms with Gasteiger partial charge in [-0.15, -0.1) is 0 Å². The van der Waals surface area contributed by atoms with E-state index in [9.17, 15) is 9.59 Å². The number of carboxylic acids is 1. The van der Waals surface area contributed by atoms with Crippen LogP contribution in [-0.4, -0.2) is 143 Å². The smallest absolute Gasteiger partial charge is 0.305 e. The van der Waals surface area contributed by atoms with E-state index in [2.05, 4.69) is 6.92 Å². The average Bonchev–Trinajstić information content (AvgIpc) is 3.11. The third kappa shape index (κ3) is 44.6. The number of carboxylic acid groups (broad SMARTS) is 1. The van der Waals surface area contributed by atoms with Crippen molar-refractivity contribution in [1.82, 2.24) is 0 Å². The molecule has 0 fully saturated rings. The van der Waals surface area contributed by atoms with Crippen molar-refractivity contribution in [2.45, 2.75) is 103 Å². The van der Waals surface area contributed by atoms with E-state index in [0.717, 1.165) is 12.8 Å². The molecule has 0 aromatic rings. The van der Waals surface area contributed by atoms with Crippen molar-refractivity contribution in [3.63, 3.8) is 0 Å². The van der Waals surface area contributed by atoms with Crippen molar-refractivity contribution in [2.75, 3.05) is 126 Å². The highest BCUT2D eigenvalue weighted by Crippen LogP contribution is 2.13. The molecule has 50 heavy (non-hydrogen) atoms. The van der Waals surface area contributed by atoms with Gasteiger partial charge in [0.15, 0.2) is 0 Å². The third-order valence-corrected chi connectivity index (χ3v) is 7.41. The summed E-state index contributed by atoms with van der Waals surface area (Å²) in [5, 5.41) is 8.49. The number of esters is 1. The minimum absolute atomic E-state index is 0.00295. The Balaban J connectivity index is 3.13. The lowest BCUT2D eigenvalue weighted by Gasteiger charge is -2.09. The van der Waals surface area contributed by atoms with Crippen LogP contribution < -0.4 is 0 Å². The summed E-state index contributed by atoms with van der Waals surface area (Å²) in [6.07, 6.45) is 17.3. The van der Waals surface area contributed by atoms with Gasteiger partial charge >= 0.3 is 11.9 Å². The third-order valence-electron chi connectivity index (χ3n) is 7.41. The summed E-state index contributed by atoms with van der Waals surface area (Å²) in [7, 11) is 0. The van der Waals surface area contributed by atoms with Crippen LogP contribution >= 0.6 is 0 Å². The van der Waals surface area contributed by atoms with E-state index in [1.807, 2.05) is 0 Å². The van der Waals surface area contributed by atoms with Gasteiger partial charge in [0.1, 0.15) is 6.61 Å². The Morgan fingerprint density at radius 2 is 0.600 bits per heavy atom. The molecule has 0 bridgehead atoms. The first-order valence-electron chi connectivity index (χ1n) is 19.2. The Kier molecular flexibility index (Phi) is 42.5. The minimum Gasteiger partial charge on any atom is -0.481 e. The number of ether oxygens (including phenoxy) is 10. The van der Waals surface area contributed by atoms with Crippen LogP contribution in [0.25, 0.3) is 0 Å². The number of hydrogen-bond acceptors (Lipinski definition) is 12. The summed E-state index contributed by atoms with van der Waals surface area (Å²) in [5.74, 6) is -1.01. The van der Waals surface area contributed by atoms with E-state index < -0.39 is 5.97 Å². The molecular formula is C37H72O13. The number of rotatable bonds is 44. The van der Waals surface area contributed by atoms with Crippen LogP contribution in [0.15, 0.2) is 0 Å². The Hall–Kier alpha value is -1.42. The van der Waals surface area contributed by atoms with Crippen LogP contribution in [0.1, 0.15) is 103 Å². The molecule has 0 unspecified atom stereocenters. The molecule has 0 heterocycles. The number of carbonyl (C=O) groups excluding carboxylic acids is 1. The van der Waals surface area contributed by atoms with Crippen LogP contribution in [0, 0.1) is 0 Å². The monoisotopic (exact) mass is 724 g/mol. The summed E-state index contributed by atoms with van der Waals surface area (Å²) in [6, 6.07) is 0. The Morgan fingerprint density at radius 3 is 0.900 bits per heavy atom. The molecular weight excluding hydrogens is 652 g/mol. The van der Waals surface area contributed by atoms with Gasteiger partial charge in [-0.3, -0.25) is 9.59 Å². The van der Waals surface area contributed by atoms with E-state index in [-0.39, 0.29) is 25.6 Å². The van der Waals surface area contributed by atoms with E-state index in [4.69, 9.17) is 52.5 Å². The summed E-state index contributed by atoms with van der Waals surface area (Å²) in [5.41, 5.74) is 0. The summed E-state index contributed by atoms with van der Waals surface area (Å²) in [6.45, 7) is 10.5. The molecule has 1 N–H and O–H groups in total. The fourth-order valence-corrected chi connectivity index (χ4v) is 4.59. The zero-order chi connectivity index (χ0) is 36.3. The van der Waals surface area contributed by atoms with Crippen LogP contribution in [0.5, 0.6) is 0 Å². The minimum atomic E-state index is -0.874. The predicted octanol–water partition coefficient (Wildman–Crippen LogP) is 5.64. The van der Waals surface area contributed by atoms with E-state index in [0.29, 0.717) is 119 Å². The van der Waals surface area contributed by atoms with Gasteiger partial charge in [-0.1, -0.05) is 84.0 Å². The van der Waals surface area contributed by atoms with Crippen molar-refractivity contribution in [1.29, 1.82) is 0 Å². The first kappa shape index (κ1) is 48.6. The molecule has 0 amide bonds. The summed E-state index contributed by atoms with van der Waals surface area (Å²) < 4.78 is 53.9. The number of carbonyl (C=O) groups is 2. The standard InChI is InChI=1S/C37H72O13/c1-2-3-4-5-6-7-8-9-10-11-12-13-14-15-37(40)50-35-34-49-33-32-48-31-30-47-29-28-46-27-26-45-25-24-44-23-22-43-21-20-42-19-18-41-17-16-36(38)39/h2-35H2,1H3,(H,38,39). The number of aliphatic carboxylic acids is 1. The van der Waals surface area contributed by atoms with Gasteiger partial charge in [0, 0.05) is 6.42 Å². The second kappa shape index (κ2) is 43.7. The van der Waals surface area contributed by atoms with Gasteiger partial charge in [-0.25, -0.2) is 0 Å². The topological polar surface area (TPSA) is 147 Å². The Bertz CT molecular complexity index is 684. The molecule has 13 nitrogen and oxygen atoms in total. The van der Waals surface area contributed by atoms with E-state index in [1.165, 1.54) is 70.6 Å². The lowest BCUT2D eigenvalue weighted by Crippen LogP contribution is -2.15. The second-order valence-electron chi connectivity index (χ2n) is 11.9. The molecule has 0 aromatic carbocycles. The molecule has 0 saturated carbocycles. The molecule has 298 valence electrons. The maximum absolute atomic E-state index is 11.9. The van der Waals surface area contributed by atoms with Gasteiger partial charge in [0.2, 0.25) is 0 Å². The number of unbranched alkanes of at least 4 members (excludes halogenated alkanes) is 12. The molecule has 0 radical (unpaired) electrons. The van der Waals surface area contributed by atoms with Crippen LogP contribution in [-0.2, 0) is 57.0 Å². The highest BCUT2D eigenvalue weighted by atomic mass is 16.6. The van der Waals surface area contributed by atoms with E-state index in [1.54, 1.807) is 0 Å². The van der Waals surface area contributed by atoms with Crippen molar-refractivity contribution in [3.8, 4) is 0 Å². The quantitative estimate of drug-likeness (QED) is 0.0612. The largest absolute Gasteiger partial charge is 0.481 e. The fraction of sp³-hybridized carbons (Fsp3) is 0.946. The molecule has 0 aliphatic heterocycles. The Morgan fingerprint density at radius 1 is 0.340 bits per heavy atom. The van der Waals surface area contributed by atoms with Crippen molar-refractivity contribution in [2.24, 2.45) is 0 Å². The van der Waals surface area contributed by atoms with Gasteiger partial charge < -0.3 is 52.5 Å². The summed E-state index contributed by atoms with van der Waals surface area (Å²) >= 11 is 0. The molecule has 0 spiro atoms. The van der Waals surface area contributed by atoms with Gasteiger partial charge in [-0.05, 0) is 6.42 Å². The highest BCUT2D eigenvalue weighted by Gasteiger charge is 2.03. The molecule has 0 aliphatic rings. The Labute approximate surface area is 302 Å². The SMILES string of the molecule is CCCCCCCCCCCCCCCC(=O)OCCOCCOCCOCCOCCOCCOCCOCCOCCOCCC(=O)O. The first-order valence-corrected chi connectivity index (χ1v) is 19.2. The normalized spacial score (nSPS) is 11.4. The first-order chi connectivity index (χ1) is 24.7. The fourth-order valence-electron chi connectivity index (χ4n) is 4.59. The molecule has 0 atom stereocenters. The van der Waals surface area contributed by atoms with Gasteiger partial charge in [-0.2, -0.15) is 0 Å².